The zero-order valence-corrected chi connectivity index (χ0v) is 16.6. The number of ether oxygens (including phenoxy) is 2. The van der Waals surface area contributed by atoms with Gasteiger partial charge in [-0.2, -0.15) is 0 Å². The summed E-state index contributed by atoms with van der Waals surface area (Å²) in [6, 6.07) is 21.4. The van der Waals surface area contributed by atoms with Crippen molar-refractivity contribution < 1.29 is 19.1 Å². The summed E-state index contributed by atoms with van der Waals surface area (Å²) < 4.78 is 10.8. The minimum atomic E-state index is -1.09. The number of hydrogen-bond acceptors (Lipinski definition) is 4. The number of nitrogens with one attached hydrogen (secondary N) is 1. The van der Waals surface area contributed by atoms with Gasteiger partial charge in [0.25, 0.3) is 5.91 Å². The molecule has 0 saturated heterocycles. The molecule has 5 heteroatoms. The maximum Gasteiger partial charge on any atom is 0.339 e. The molecule has 3 rings (SSSR count). The van der Waals surface area contributed by atoms with E-state index in [0.29, 0.717) is 22.6 Å². The first-order valence-corrected chi connectivity index (χ1v) is 9.26. The lowest BCUT2D eigenvalue weighted by atomic mass is 10.1. The molecular formula is C24H23NO4. The van der Waals surface area contributed by atoms with E-state index in [9.17, 15) is 9.59 Å². The van der Waals surface area contributed by atoms with Crippen molar-refractivity contribution in [1.29, 1.82) is 0 Å². The Labute approximate surface area is 170 Å². The first kappa shape index (κ1) is 20.1. The van der Waals surface area contributed by atoms with Crippen molar-refractivity contribution in [2.45, 2.75) is 20.0 Å². The number of methoxy groups -OCH3 is 1. The van der Waals surface area contributed by atoms with Crippen LogP contribution in [-0.4, -0.2) is 19.0 Å². The predicted molar refractivity (Wildman–Crippen MR) is 112 cm³/mol. The van der Waals surface area contributed by atoms with Crippen LogP contribution in [0.15, 0.2) is 72.8 Å². The molecule has 0 aliphatic rings. The molecule has 1 amide bonds. The Morgan fingerprint density at radius 3 is 2.38 bits per heavy atom. The molecule has 0 aliphatic heterocycles. The van der Waals surface area contributed by atoms with Crippen molar-refractivity contribution in [3.63, 3.8) is 0 Å². The Morgan fingerprint density at radius 1 is 0.897 bits per heavy atom. The molecule has 0 radical (unpaired) electrons. The SMILES string of the molecule is COc1cccc(C(=O)O[C@H](C(=O)Nc2cc(C)ccc2C)c2ccccc2)c1. The standard InChI is InChI=1S/C24H23NO4/c1-16-12-13-17(2)21(14-16)25-23(26)22(18-8-5-4-6-9-18)29-24(27)19-10-7-11-20(15-19)28-3/h4-15,22H,1-3H3,(H,25,26)/t22-/m0/s1. The summed E-state index contributed by atoms with van der Waals surface area (Å²) in [5.74, 6) is -0.481. The number of amides is 1. The molecule has 1 atom stereocenters. The summed E-state index contributed by atoms with van der Waals surface area (Å²) in [6.45, 7) is 3.86. The molecule has 0 aromatic heterocycles. The summed E-state index contributed by atoms with van der Waals surface area (Å²) in [7, 11) is 1.52. The van der Waals surface area contributed by atoms with Gasteiger partial charge in [-0.3, -0.25) is 4.79 Å². The molecule has 0 unspecified atom stereocenters. The smallest absolute Gasteiger partial charge is 0.339 e. The lowest BCUT2D eigenvalue weighted by Gasteiger charge is -2.19. The molecule has 148 valence electrons. The van der Waals surface area contributed by atoms with Crippen molar-refractivity contribution >= 4 is 17.6 Å². The van der Waals surface area contributed by atoms with E-state index in [4.69, 9.17) is 9.47 Å². The molecular weight excluding hydrogens is 366 g/mol. The lowest BCUT2D eigenvalue weighted by Crippen LogP contribution is -2.26. The molecule has 0 bridgehead atoms. The fourth-order valence-corrected chi connectivity index (χ4v) is 2.89. The zero-order valence-electron chi connectivity index (χ0n) is 16.6. The average molecular weight is 389 g/mol. The average Bonchev–Trinajstić information content (AvgIpc) is 2.75. The molecule has 3 aromatic rings. The molecule has 5 nitrogen and oxygen atoms in total. The number of rotatable bonds is 6. The molecule has 0 aliphatic carbocycles. The summed E-state index contributed by atoms with van der Waals surface area (Å²) in [5, 5.41) is 2.89. The molecule has 0 fully saturated rings. The summed E-state index contributed by atoms with van der Waals surface area (Å²) in [5.41, 5.74) is 3.54. The Kier molecular flexibility index (Phi) is 6.29. The van der Waals surface area contributed by atoms with Gasteiger partial charge in [0.15, 0.2) is 0 Å². The van der Waals surface area contributed by atoms with E-state index >= 15 is 0 Å². The molecule has 0 saturated carbocycles. The van der Waals surface area contributed by atoms with Crippen LogP contribution in [0.5, 0.6) is 5.75 Å². The van der Waals surface area contributed by atoms with Crippen LogP contribution in [0.2, 0.25) is 0 Å². The Morgan fingerprint density at radius 2 is 1.66 bits per heavy atom. The zero-order chi connectivity index (χ0) is 20.8. The molecule has 29 heavy (non-hydrogen) atoms. The van der Waals surface area contributed by atoms with Crippen molar-refractivity contribution in [3.05, 3.63) is 95.1 Å². The highest BCUT2D eigenvalue weighted by atomic mass is 16.5. The maximum absolute atomic E-state index is 13.1. The van der Waals surface area contributed by atoms with Crippen LogP contribution in [0, 0.1) is 13.8 Å². The third-order valence-corrected chi connectivity index (χ3v) is 4.52. The van der Waals surface area contributed by atoms with Gasteiger partial charge < -0.3 is 14.8 Å². The van der Waals surface area contributed by atoms with Gasteiger partial charge in [-0.15, -0.1) is 0 Å². The molecule has 1 N–H and O–H groups in total. The van der Waals surface area contributed by atoms with Gasteiger partial charge in [0.2, 0.25) is 6.10 Å². The third-order valence-electron chi connectivity index (χ3n) is 4.52. The van der Waals surface area contributed by atoms with E-state index in [0.717, 1.165) is 11.1 Å². The quantitative estimate of drug-likeness (QED) is 0.612. The number of carbonyl (C=O) groups excluding carboxylic acids is 2. The number of benzene rings is 3. The molecule has 0 heterocycles. The number of carbonyl (C=O) groups is 2. The van der Waals surface area contributed by atoms with E-state index < -0.39 is 18.0 Å². The van der Waals surface area contributed by atoms with Gasteiger partial charge in [0, 0.05) is 11.3 Å². The first-order valence-electron chi connectivity index (χ1n) is 9.26. The van der Waals surface area contributed by atoms with Crippen LogP contribution >= 0.6 is 0 Å². The minimum Gasteiger partial charge on any atom is -0.497 e. The second kappa shape index (κ2) is 9.06. The van der Waals surface area contributed by atoms with E-state index in [-0.39, 0.29) is 0 Å². The van der Waals surface area contributed by atoms with Gasteiger partial charge in [-0.25, -0.2) is 4.79 Å². The van der Waals surface area contributed by atoms with Crippen LogP contribution in [0.1, 0.15) is 33.2 Å². The van der Waals surface area contributed by atoms with E-state index in [1.807, 2.05) is 38.1 Å². The number of hydrogen-bond donors (Lipinski definition) is 1. The van der Waals surface area contributed by atoms with Gasteiger partial charge in [0.1, 0.15) is 5.75 Å². The van der Waals surface area contributed by atoms with Crippen molar-refractivity contribution in [2.75, 3.05) is 12.4 Å². The molecule has 0 spiro atoms. The first-order chi connectivity index (χ1) is 14.0. The van der Waals surface area contributed by atoms with Crippen LogP contribution in [0.3, 0.4) is 0 Å². The largest absolute Gasteiger partial charge is 0.497 e. The number of esters is 1. The topological polar surface area (TPSA) is 64.6 Å². The summed E-state index contributed by atoms with van der Waals surface area (Å²) in [6.07, 6.45) is -1.09. The normalized spacial score (nSPS) is 11.4. The van der Waals surface area contributed by atoms with E-state index in [2.05, 4.69) is 5.32 Å². The Bertz CT molecular complexity index is 1010. The second-order valence-electron chi connectivity index (χ2n) is 6.74. The van der Waals surface area contributed by atoms with Crippen LogP contribution in [0.25, 0.3) is 0 Å². The van der Waals surface area contributed by atoms with Crippen LogP contribution in [0.4, 0.5) is 5.69 Å². The van der Waals surface area contributed by atoms with Gasteiger partial charge >= 0.3 is 5.97 Å². The minimum absolute atomic E-state index is 0.310. The van der Waals surface area contributed by atoms with Crippen molar-refractivity contribution in [2.24, 2.45) is 0 Å². The van der Waals surface area contributed by atoms with Gasteiger partial charge in [-0.1, -0.05) is 48.5 Å². The monoisotopic (exact) mass is 389 g/mol. The highest BCUT2D eigenvalue weighted by molar-refractivity contribution is 5.98. The fraction of sp³-hybridized carbons (Fsp3) is 0.167. The second-order valence-corrected chi connectivity index (χ2v) is 6.74. The Balaban J connectivity index is 1.87. The number of aryl methyl sites for hydroxylation is 2. The third kappa shape index (κ3) is 5.02. The highest BCUT2D eigenvalue weighted by Gasteiger charge is 2.26. The predicted octanol–water partition coefficient (Wildman–Crippen LogP) is 4.85. The maximum atomic E-state index is 13.1. The van der Waals surface area contributed by atoms with Gasteiger partial charge in [-0.05, 0) is 49.2 Å². The Hall–Kier alpha value is -3.60. The number of anilines is 1. The van der Waals surface area contributed by atoms with Crippen molar-refractivity contribution in [1.82, 2.24) is 0 Å². The van der Waals surface area contributed by atoms with E-state index in [1.54, 1.807) is 48.5 Å². The van der Waals surface area contributed by atoms with Crippen LogP contribution in [-0.2, 0) is 9.53 Å². The fourth-order valence-electron chi connectivity index (χ4n) is 2.89. The van der Waals surface area contributed by atoms with Gasteiger partial charge in [0.05, 0.1) is 12.7 Å². The van der Waals surface area contributed by atoms with E-state index in [1.165, 1.54) is 7.11 Å². The van der Waals surface area contributed by atoms with Crippen LogP contribution < -0.4 is 10.1 Å². The van der Waals surface area contributed by atoms with Crippen molar-refractivity contribution in [3.8, 4) is 5.75 Å². The summed E-state index contributed by atoms with van der Waals surface area (Å²) >= 11 is 0. The highest BCUT2D eigenvalue weighted by Crippen LogP contribution is 2.24. The lowest BCUT2D eigenvalue weighted by molar-refractivity contribution is -0.125. The summed E-state index contributed by atoms with van der Waals surface area (Å²) in [4.78, 5) is 25.8. The molecule has 3 aromatic carbocycles.